The first-order valence-electron chi connectivity index (χ1n) is 11.6. The normalized spacial score (nSPS) is 11.5. The van der Waals surface area contributed by atoms with Gasteiger partial charge in [-0.3, -0.25) is 4.79 Å². The average Bonchev–Trinajstić information content (AvgIpc) is 2.79. The van der Waals surface area contributed by atoms with Gasteiger partial charge in [0.1, 0.15) is 0 Å². The predicted molar refractivity (Wildman–Crippen MR) is 128 cm³/mol. The molecule has 0 aliphatic rings. The molecule has 0 bridgehead atoms. The van der Waals surface area contributed by atoms with E-state index in [9.17, 15) is 9.59 Å². The highest BCUT2D eigenvalue weighted by atomic mass is 28.4. The third-order valence-electron chi connectivity index (χ3n) is 4.56. The maximum atomic E-state index is 12.4. The van der Waals surface area contributed by atoms with Gasteiger partial charge in [-0.15, -0.1) is 0 Å². The third-order valence-corrected chi connectivity index (χ3v) is 7.71. The number of methoxy groups -OCH3 is 1. The van der Waals surface area contributed by atoms with E-state index < -0.39 is 14.8 Å². The molecule has 1 rings (SSSR count). The number of carbonyl (C=O) groups is 2. The Kier molecular flexibility index (Phi) is 14.3. The SMILES string of the molecule is CCOc1ccc(/C=C/C(=O)OC)cc1OC(=O)CCCCC[Si](OCC)(OCC)OCC. The van der Waals surface area contributed by atoms with Gasteiger partial charge in [-0.25, -0.2) is 4.79 Å². The summed E-state index contributed by atoms with van der Waals surface area (Å²) in [5, 5.41) is 0. The maximum absolute atomic E-state index is 12.4. The van der Waals surface area contributed by atoms with Crippen LogP contribution in [0, 0.1) is 0 Å². The number of rotatable bonds is 17. The molecule has 0 N–H and O–H groups in total. The van der Waals surface area contributed by atoms with Gasteiger partial charge < -0.3 is 27.5 Å². The molecule has 0 fully saturated rings. The number of carbonyl (C=O) groups excluding carboxylic acids is 2. The van der Waals surface area contributed by atoms with Crippen molar-refractivity contribution in [2.45, 2.75) is 59.4 Å². The van der Waals surface area contributed by atoms with Crippen LogP contribution in [0.2, 0.25) is 6.04 Å². The van der Waals surface area contributed by atoms with Crippen LogP contribution in [0.1, 0.15) is 58.9 Å². The Morgan fingerprint density at radius 3 is 2.12 bits per heavy atom. The van der Waals surface area contributed by atoms with E-state index in [1.54, 1.807) is 24.3 Å². The van der Waals surface area contributed by atoms with Crippen LogP contribution in [0.15, 0.2) is 24.3 Å². The minimum absolute atomic E-state index is 0.278. The molecule has 8 nitrogen and oxygen atoms in total. The Hall–Kier alpha value is -2.20. The lowest BCUT2D eigenvalue weighted by Crippen LogP contribution is -2.45. The van der Waals surface area contributed by atoms with Gasteiger partial charge >= 0.3 is 20.7 Å². The van der Waals surface area contributed by atoms with E-state index in [0.717, 1.165) is 18.9 Å². The van der Waals surface area contributed by atoms with Crippen molar-refractivity contribution in [3.63, 3.8) is 0 Å². The molecule has 0 aromatic heterocycles. The van der Waals surface area contributed by atoms with Gasteiger partial charge in [-0.05, 0) is 64.3 Å². The van der Waals surface area contributed by atoms with E-state index in [1.165, 1.54) is 13.2 Å². The lowest BCUT2D eigenvalue weighted by molar-refractivity contribution is -0.135. The molecular formula is C24H38O8Si. The number of hydrogen-bond donors (Lipinski definition) is 0. The second-order valence-corrected chi connectivity index (χ2v) is 9.74. The molecule has 0 heterocycles. The van der Waals surface area contributed by atoms with Crippen LogP contribution in [0.5, 0.6) is 11.5 Å². The molecule has 1 aromatic carbocycles. The van der Waals surface area contributed by atoms with Crippen molar-refractivity contribution in [1.82, 2.24) is 0 Å². The first-order chi connectivity index (χ1) is 15.9. The zero-order chi connectivity index (χ0) is 24.5. The smallest absolute Gasteiger partial charge is 0.490 e. The summed E-state index contributed by atoms with van der Waals surface area (Å²) in [6, 6.07) is 5.87. The largest absolute Gasteiger partial charge is 0.500 e. The first kappa shape index (κ1) is 28.8. The molecule has 0 aliphatic heterocycles. The van der Waals surface area contributed by atoms with Gasteiger partial charge in [0.25, 0.3) is 0 Å². The number of unbranched alkanes of at least 4 members (excludes halogenated alkanes) is 2. The minimum Gasteiger partial charge on any atom is -0.490 e. The van der Waals surface area contributed by atoms with E-state index >= 15 is 0 Å². The number of esters is 2. The van der Waals surface area contributed by atoms with Crippen LogP contribution >= 0.6 is 0 Å². The second-order valence-electron chi connectivity index (χ2n) is 7.01. The fraction of sp³-hybridized carbons (Fsp3) is 0.583. The van der Waals surface area contributed by atoms with Crippen molar-refractivity contribution in [1.29, 1.82) is 0 Å². The van der Waals surface area contributed by atoms with E-state index in [2.05, 4.69) is 4.74 Å². The number of hydrogen-bond acceptors (Lipinski definition) is 8. The van der Waals surface area contributed by atoms with Crippen molar-refractivity contribution >= 4 is 26.8 Å². The molecule has 0 atom stereocenters. The molecule has 0 saturated carbocycles. The van der Waals surface area contributed by atoms with E-state index in [4.69, 9.17) is 22.8 Å². The van der Waals surface area contributed by atoms with Crippen LogP contribution in [0.25, 0.3) is 6.08 Å². The summed E-state index contributed by atoms with van der Waals surface area (Å²) in [5.74, 6) is -0.00757. The average molecular weight is 483 g/mol. The number of benzene rings is 1. The highest BCUT2D eigenvalue weighted by Gasteiger charge is 2.39. The van der Waals surface area contributed by atoms with Crippen LogP contribution in [0.4, 0.5) is 0 Å². The summed E-state index contributed by atoms with van der Waals surface area (Å²) in [7, 11) is -1.34. The third kappa shape index (κ3) is 11.0. The fourth-order valence-corrected chi connectivity index (χ4v) is 5.86. The van der Waals surface area contributed by atoms with Crippen LogP contribution in [0.3, 0.4) is 0 Å². The highest BCUT2D eigenvalue weighted by molar-refractivity contribution is 6.60. The molecule has 9 heteroatoms. The maximum Gasteiger partial charge on any atom is 0.500 e. The van der Waals surface area contributed by atoms with Crippen molar-refractivity contribution in [3.8, 4) is 11.5 Å². The van der Waals surface area contributed by atoms with Crippen molar-refractivity contribution in [3.05, 3.63) is 29.8 Å². The first-order valence-corrected chi connectivity index (χ1v) is 13.5. The lowest BCUT2D eigenvalue weighted by atomic mass is 10.2. The molecule has 186 valence electrons. The molecule has 0 spiro atoms. The van der Waals surface area contributed by atoms with E-state index in [-0.39, 0.29) is 12.4 Å². The minimum atomic E-state index is -2.65. The van der Waals surface area contributed by atoms with Crippen LogP contribution in [-0.4, -0.2) is 54.3 Å². The summed E-state index contributed by atoms with van der Waals surface area (Å²) >= 11 is 0. The second kappa shape index (κ2) is 16.4. The Labute approximate surface area is 198 Å². The molecule has 0 aliphatic carbocycles. The Balaban J connectivity index is 2.63. The quantitative estimate of drug-likeness (QED) is 0.103. The van der Waals surface area contributed by atoms with Gasteiger partial charge in [0, 0.05) is 38.4 Å². The molecule has 0 unspecified atom stereocenters. The zero-order valence-electron chi connectivity index (χ0n) is 20.5. The number of ether oxygens (including phenoxy) is 3. The molecular weight excluding hydrogens is 444 g/mol. The molecule has 0 radical (unpaired) electrons. The van der Waals surface area contributed by atoms with E-state index in [0.29, 0.717) is 49.9 Å². The van der Waals surface area contributed by atoms with Gasteiger partial charge in [0.05, 0.1) is 13.7 Å². The van der Waals surface area contributed by atoms with Gasteiger partial charge in [-0.2, -0.15) is 0 Å². The Morgan fingerprint density at radius 2 is 1.55 bits per heavy atom. The summed E-state index contributed by atoms with van der Waals surface area (Å²) in [6.07, 6.45) is 5.52. The summed E-state index contributed by atoms with van der Waals surface area (Å²) < 4.78 is 33.3. The molecule has 33 heavy (non-hydrogen) atoms. The summed E-state index contributed by atoms with van der Waals surface area (Å²) in [5.41, 5.74) is 0.690. The monoisotopic (exact) mass is 482 g/mol. The Morgan fingerprint density at radius 1 is 0.879 bits per heavy atom. The van der Waals surface area contributed by atoms with Gasteiger partial charge in [0.2, 0.25) is 0 Å². The standard InChI is InChI=1S/C24H38O8Si/c1-6-28-21-16-14-20(15-17-23(25)27-5)19-22(21)32-24(26)13-11-10-12-18-33(29-7-2,30-8-3)31-9-4/h14-17,19H,6-13,18H2,1-5H3/b17-15+. The summed E-state index contributed by atoms with van der Waals surface area (Å²) in [6.45, 7) is 9.75. The molecule has 1 aromatic rings. The topological polar surface area (TPSA) is 89.5 Å². The molecule has 0 saturated heterocycles. The summed E-state index contributed by atoms with van der Waals surface area (Å²) in [4.78, 5) is 23.7. The predicted octanol–water partition coefficient (Wildman–Crippen LogP) is 4.79. The van der Waals surface area contributed by atoms with E-state index in [1.807, 2.05) is 27.7 Å². The highest BCUT2D eigenvalue weighted by Crippen LogP contribution is 2.30. The van der Waals surface area contributed by atoms with Gasteiger partial charge in [-0.1, -0.05) is 12.5 Å². The van der Waals surface area contributed by atoms with Crippen LogP contribution in [-0.2, 0) is 27.6 Å². The van der Waals surface area contributed by atoms with Crippen molar-refractivity contribution < 1.29 is 37.1 Å². The Bertz CT molecular complexity index is 733. The fourth-order valence-electron chi connectivity index (χ4n) is 3.18. The van der Waals surface area contributed by atoms with Crippen molar-refractivity contribution in [2.24, 2.45) is 0 Å². The van der Waals surface area contributed by atoms with Crippen LogP contribution < -0.4 is 9.47 Å². The molecule has 0 amide bonds. The van der Waals surface area contributed by atoms with Crippen molar-refractivity contribution in [2.75, 3.05) is 33.5 Å². The van der Waals surface area contributed by atoms with Gasteiger partial charge in [0.15, 0.2) is 11.5 Å². The lowest BCUT2D eigenvalue weighted by Gasteiger charge is -2.28. The zero-order valence-corrected chi connectivity index (χ0v) is 21.5.